The number of carbonyl (C=O) groups excluding carboxylic acids is 1. The quantitative estimate of drug-likeness (QED) is 0.795. The Bertz CT molecular complexity index is 590. The van der Waals surface area contributed by atoms with Gasteiger partial charge in [0.25, 0.3) is 0 Å². The highest BCUT2D eigenvalue weighted by Crippen LogP contribution is 2.30. The standard InChI is InChI=1S/C15H17NO2S/c1-4-14(17)18-9-13-11(3)16-15(19-13)12-8-6-5-7-10(12)2/h5-8H,4,9H2,1-3H3. The molecule has 0 unspecified atom stereocenters. The van der Waals surface area contributed by atoms with Gasteiger partial charge in [0.15, 0.2) is 0 Å². The fourth-order valence-electron chi connectivity index (χ4n) is 1.74. The van der Waals surface area contributed by atoms with E-state index in [1.165, 1.54) is 5.56 Å². The van der Waals surface area contributed by atoms with Gasteiger partial charge < -0.3 is 4.74 Å². The zero-order valence-corrected chi connectivity index (χ0v) is 12.2. The number of esters is 1. The van der Waals surface area contributed by atoms with Gasteiger partial charge in [-0.1, -0.05) is 31.2 Å². The van der Waals surface area contributed by atoms with Crippen LogP contribution < -0.4 is 0 Å². The van der Waals surface area contributed by atoms with Crippen LogP contribution in [-0.4, -0.2) is 11.0 Å². The maximum atomic E-state index is 11.2. The van der Waals surface area contributed by atoms with Crippen LogP contribution in [0.15, 0.2) is 24.3 Å². The molecule has 1 heterocycles. The number of thiazole rings is 1. The third kappa shape index (κ3) is 3.20. The predicted octanol–water partition coefficient (Wildman–Crippen LogP) is 3.88. The molecule has 0 aliphatic heterocycles. The van der Waals surface area contributed by atoms with Crippen LogP contribution in [0.4, 0.5) is 0 Å². The van der Waals surface area contributed by atoms with Crippen LogP contribution >= 0.6 is 11.3 Å². The minimum Gasteiger partial charge on any atom is -0.460 e. The average Bonchev–Trinajstić information content (AvgIpc) is 2.77. The smallest absolute Gasteiger partial charge is 0.305 e. The molecule has 0 radical (unpaired) electrons. The van der Waals surface area contributed by atoms with Crippen LogP contribution in [0.3, 0.4) is 0 Å². The van der Waals surface area contributed by atoms with Gasteiger partial charge in [-0.15, -0.1) is 11.3 Å². The molecular formula is C15H17NO2S. The van der Waals surface area contributed by atoms with Crippen LogP contribution in [0.2, 0.25) is 0 Å². The van der Waals surface area contributed by atoms with Crippen LogP contribution in [0.5, 0.6) is 0 Å². The van der Waals surface area contributed by atoms with E-state index < -0.39 is 0 Å². The normalized spacial score (nSPS) is 10.5. The Labute approximate surface area is 117 Å². The van der Waals surface area contributed by atoms with E-state index in [0.717, 1.165) is 21.1 Å². The van der Waals surface area contributed by atoms with Gasteiger partial charge in [-0.2, -0.15) is 0 Å². The summed E-state index contributed by atoms with van der Waals surface area (Å²) in [5, 5.41) is 0.984. The molecule has 100 valence electrons. The van der Waals surface area contributed by atoms with Gasteiger partial charge in [0, 0.05) is 12.0 Å². The highest BCUT2D eigenvalue weighted by molar-refractivity contribution is 7.15. The molecule has 3 nitrogen and oxygen atoms in total. The maximum absolute atomic E-state index is 11.2. The van der Waals surface area contributed by atoms with Crippen LogP contribution in [-0.2, 0) is 16.1 Å². The lowest BCUT2D eigenvalue weighted by molar-refractivity contribution is -0.144. The second-order valence-corrected chi connectivity index (χ2v) is 5.44. The van der Waals surface area contributed by atoms with Crippen molar-refractivity contribution in [2.45, 2.75) is 33.8 Å². The Hall–Kier alpha value is -1.68. The average molecular weight is 275 g/mol. The van der Waals surface area contributed by atoms with Crippen molar-refractivity contribution >= 4 is 17.3 Å². The van der Waals surface area contributed by atoms with E-state index in [1.54, 1.807) is 18.3 Å². The van der Waals surface area contributed by atoms with E-state index in [-0.39, 0.29) is 5.97 Å². The van der Waals surface area contributed by atoms with Crippen LogP contribution in [0.25, 0.3) is 10.6 Å². The molecule has 0 fully saturated rings. The Balaban J connectivity index is 2.22. The molecule has 0 N–H and O–H groups in total. The summed E-state index contributed by atoms with van der Waals surface area (Å²) in [5.41, 5.74) is 3.28. The monoisotopic (exact) mass is 275 g/mol. The van der Waals surface area contributed by atoms with Crippen molar-refractivity contribution in [2.75, 3.05) is 0 Å². The second-order valence-electron chi connectivity index (χ2n) is 4.36. The first-order valence-electron chi connectivity index (χ1n) is 6.29. The van der Waals surface area contributed by atoms with E-state index in [2.05, 4.69) is 24.0 Å². The van der Waals surface area contributed by atoms with E-state index in [4.69, 9.17) is 4.74 Å². The van der Waals surface area contributed by atoms with Crippen molar-refractivity contribution in [2.24, 2.45) is 0 Å². The van der Waals surface area contributed by atoms with Gasteiger partial charge in [0.05, 0.1) is 10.6 Å². The fraction of sp³-hybridized carbons (Fsp3) is 0.333. The lowest BCUT2D eigenvalue weighted by atomic mass is 10.1. The third-order valence-corrected chi connectivity index (χ3v) is 4.09. The molecule has 0 atom stereocenters. The Morgan fingerprint density at radius 2 is 2.05 bits per heavy atom. The van der Waals surface area contributed by atoms with Crippen LogP contribution in [0, 0.1) is 13.8 Å². The van der Waals surface area contributed by atoms with E-state index in [0.29, 0.717) is 13.0 Å². The number of hydrogen-bond donors (Lipinski definition) is 0. The van der Waals surface area contributed by atoms with Crippen molar-refractivity contribution < 1.29 is 9.53 Å². The zero-order valence-electron chi connectivity index (χ0n) is 11.4. The molecule has 0 bridgehead atoms. The number of aromatic nitrogens is 1. The maximum Gasteiger partial charge on any atom is 0.305 e. The molecular weight excluding hydrogens is 258 g/mol. The van der Waals surface area contributed by atoms with E-state index in [1.807, 2.05) is 19.1 Å². The molecule has 2 rings (SSSR count). The first kappa shape index (κ1) is 13.7. The number of hydrogen-bond acceptors (Lipinski definition) is 4. The molecule has 0 aliphatic carbocycles. The summed E-state index contributed by atoms with van der Waals surface area (Å²) in [6.45, 7) is 6.14. The summed E-state index contributed by atoms with van der Waals surface area (Å²) in [6.07, 6.45) is 0.405. The first-order chi connectivity index (χ1) is 9.11. The third-order valence-electron chi connectivity index (χ3n) is 2.92. The topological polar surface area (TPSA) is 39.2 Å². The molecule has 0 saturated heterocycles. The highest BCUT2D eigenvalue weighted by Gasteiger charge is 2.12. The molecule has 0 amide bonds. The van der Waals surface area contributed by atoms with Gasteiger partial charge >= 0.3 is 5.97 Å². The largest absolute Gasteiger partial charge is 0.460 e. The van der Waals surface area contributed by atoms with Crippen molar-refractivity contribution in [3.63, 3.8) is 0 Å². The lowest BCUT2D eigenvalue weighted by Gasteiger charge is -2.01. The minimum absolute atomic E-state index is 0.176. The summed E-state index contributed by atoms with van der Waals surface area (Å²) in [7, 11) is 0. The summed E-state index contributed by atoms with van der Waals surface area (Å²) in [5.74, 6) is -0.176. The number of nitrogens with zero attached hydrogens (tertiary/aromatic N) is 1. The number of carbonyl (C=O) groups is 1. The van der Waals surface area contributed by atoms with Crippen LogP contribution in [0.1, 0.15) is 29.5 Å². The Kier molecular flexibility index (Phi) is 4.32. The molecule has 2 aromatic rings. The predicted molar refractivity (Wildman–Crippen MR) is 77.1 cm³/mol. The Morgan fingerprint density at radius 3 is 2.74 bits per heavy atom. The molecule has 19 heavy (non-hydrogen) atoms. The number of benzene rings is 1. The zero-order chi connectivity index (χ0) is 13.8. The lowest BCUT2D eigenvalue weighted by Crippen LogP contribution is -2.01. The summed E-state index contributed by atoms with van der Waals surface area (Å²) in [6, 6.07) is 8.16. The van der Waals surface area contributed by atoms with Gasteiger partial charge in [-0.25, -0.2) is 4.98 Å². The first-order valence-corrected chi connectivity index (χ1v) is 7.11. The van der Waals surface area contributed by atoms with Gasteiger partial charge in [-0.3, -0.25) is 4.79 Å². The number of ether oxygens (including phenoxy) is 1. The molecule has 1 aromatic heterocycles. The van der Waals surface area contributed by atoms with Crippen molar-refractivity contribution in [3.05, 3.63) is 40.4 Å². The van der Waals surface area contributed by atoms with E-state index in [9.17, 15) is 4.79 Å². The van der Waals surface area contributed by atoms with Crippen molar-refractivity contribution in [1.29, 1.82) is 0 Å². The van der Waals surface area contributed by atoms with Crippen molar-refractivity contribution in [3.8, 4) is 10.6 Å². The van der Waals surface area contributed by atoms with E-state index >= 15 is 0 Å². The molecule has 4 heteroatoms. The second kappa shape index (κ2) is 5.97. The number of aryl methyl sites for hydroxylation is 2. The summed E-state index contributed by atoms with van der Waals surface area (Å²) < 4.78 is 5.17. The van der Waals surface area contributed by atoms with Gasteiger partial charge in [-0.05, 0) is 19.4 Å². The van der Waals surface area contributed by atoms with Gasteiger partial charge in [0.2, 0.25) is 0 Å². The summed E-state index contributed by atoms with van der Waals surface area (Å²) >= 11 is 1.59. The van der Waals surface area contributed by atoms with Gasteiger partial charge in [0.1, 0.15) is 11.6 Å². The molecule has 0 saturated carbocycles. The van der Waals surface area contributed by atoms with Crippen molar-refractivity contribution in [1.82, 2.24) is 4.98 Å². The molecule has 1 aromatic carbocycles. The molecule has 0 aliphatic rings. The number of rotatable bonds is 4. The molecule has 0 spiro atoms. The minimum atomic E-state index is -0.176. The summed E-state index contributed by atoms with van der Waals surface area (Å²) in [4.78, 5) is 16.8. The highest BCUT2D eigenvalue weighted by atomic mass is 32.1. The fourth-order valence-corrected chi connectivity index (χ4v) is 2.80. The Morgan fingerprint density at radius 1 is 1.32 bits per heavy atom. The SMILES string of the molecule is CCC(=O)OCc1sc(-c2ccccc2C)nc1C.